The number of hydrogen-bond donors (Lipinski definition) is 2. The molecule has 2 fully saturated rings. The Kier molecular flexibility index (Phi) is 9.64. The Hall–Kier alpha value is -3.77. The second-order valence-corrected chi connectivity index (χ2v) is 12.2. The maximum atomic E-state index is 14.7. The molecule has 9 nitrogen and oxygen atoms in total. The number of carbonyl (C=O) groups is 1. The third-order valence-corrected chi connectivity index (χ3v) is 8.37. The van der Waals surface area contributed by atoms with Crippen LogP contribution in [0.5, 0.6) is 11.6 Å². The highest BCUT2D eigenvalue weighted by atomic mass is 35.5. The van der Waals surface area contributed by atoms with Crippen molar-refractivity contribution in [1.82, 2.24) is 15.3 Å². The zero-order chi connectivity index (χ0) is 32.4. The van der Waals surface area contributed by atoms with E-state index in [0.717, 1.165) is 12.8 Å². The molecule has 0 bridgehead atoms. The number of ether oxygens (including phenoxy) is 3. The number of piperidine rings is 1. The summed E-state index contributed by atoms with van der Waals surface area (Å²) in [6.45, 7) is 7.67. The second-order valence-electron chi connectivity index (χ2n) is 11.8. The van der Waals surface area contributed by atoms with E-state index in [-0.39, 0.29) is 51.5 Å². The van der Waals surface area contributed by atoms with Crippen LogP contribution in [0.3, 0.4) is 0 Å². The molecule has 1 unspecified atom stereocenters. The van der Waals surface area contributed by atoms with Gasteiger partial charge >= 0.3 is 12.1 Å². The van der Waals surface area contributed by atoms with Crippen LogP contribution >= 0.6 is 11.6 Å². The Labute approximate surface area is 265 Å². The van der Waals surface area contributed by atoms with E-state index in [0.29, 0.717) is 49.8 Å². The molecule has 1 spiro atoms. The number of aromatic nitrogens is 2. The first-order valence-corrected chi connectivity index (χ1v) is 15.3. The number of carbonyl (C=O) groups excluding carboxylic acids is 1. The number of esters is 1. The Bertz CT molecular complexity index is 1510. The number of halogens is 4. The van der Waals surface area contributed by atoms with Gasteiger partial charge in [-0.05, 0) is 80.8 Å². The quantitative estimate of drug-likeness (QED) is 0.256. The van der Waals surface area contributed by atoms with Crippen LogP contribution in [0.2, 0.25) is 5.02 Å². The summed E-state index contributed by atoms with van der Waals surface area (Å²) >= 11 is 6.26. The van der Waals surface area contributed by atoms with E-state index in [1.807, 2.05) is 18.7 Å². The van der Waals surface area contributed by atoms with Gasteiger partial charge in [-0.15, -0.1) is 0 Å². The summed E-state index contributed by atoms with van der Waals surface area (Å²) in [5.41, 5.74) is 6.49. The molecule has 3 heterocycles. The van der Waals surface area contributed by atoms with Crippen molar-refractivity contribution >= 4 is 29.3 Å². The number of alkyl halides is 3. The van der Waals surface area contributed by atoms with E-state index in [2.05, 4.69) is 15.3 Å². The summed E-state index contributed by atoms with van der Waals surface area (Å²) in [7, 11) is 0. The standard InChI is InChI=1S/C32H37ClF3N5O4/c1-4-43-29(42)25-17-31(18-38-25)10-12-41(13-11-31)26-16-27(40-30(37)39-26)45-28(32(34,35)36)23-9-8-21(33)15-24(23)20-6-5-7-22(14-20)44-19(2)3/h5-9,14-16,19,25,28,38H,4,10-13,17-18H2,1-3H3,(H2,37,39,40)/t25-,28?/m0/s1. The lowest BCUT2D eigenvalue weighted by Crippen LogP contribution is -2.41. The van der Waals surface area contributed by atoms with Gasteiger partial charge in [0.25, 0.3) is 0 Å². The van der Waals surface area contributed by atoms with E-state index in [9.17, 15) is 18.0 Å². The van der Waals surface area contributed by atoms with Crippen molar-refractivity contribution in [2.75, 3.05) is 36.9 Å². The molecule has 45 heavy (non-hydrogen) atoms. The first-order chi connectivity index (χ1) is 21.4. The molecule has 2 aromatic carbocycles. The zero-order valence-corrected chi connectivity index (χ0v) is 26.1. The van der Waals surface area contributed by atoms with Gasteiger partial charge in [-0.1, -0.05) is 29.8 Å². The van der Waals surface area contributed by atoms with Gasteiger partial charge < -0.3 is 30.2 Å². The van der Waals surface area contributed by atoms with Gasteiger partial charge in [0.15, 0.2) is 0 Å². The smallest absolute Gasteiger partial charge is 0.429 e. The van der Waals surface area contributed by atoms with Crippen molar-refractivity contribution in [1.29, 1.82) is 0 Å². The Morgan fingerprint density at radius 2 is 1.89 bits per heavy atom. The summed E-state index contributed by atoms with van der Waals surface area (Å²) in [6.07, 6.45) is -5.12. The predicted molar refractivity (Wildman–Crippen MR) is 165 cm³/mol. The molecule has 3 aromatic rings. The maximum absolute atomic E-state index is 14.7. The zero-order valence-electron chi connectivity index (χ0n) is 25.4. The van der Waals surface area contributed by atoms with Crippen molar-refractivity contribution in [3.63, 3.8) is 0 Å². The largest absolute Gasteiger partial charge is 0.491 e. The molecule has 0 radical (unpaired) electrons. The van der Waals surface area contributed by atoms with E-state index in [4.69, 9.17) is 31.5 Å². The summed E-state index contributed by atoms with van der Waals surface area (Å²) < 4.78 is 60.6. The number of nitrogens with zero attached hydrogens (tertiary/aromatic N) is 3. The number of rotatable bonds is 9. The summed E-state index contributed by atoms with van der Waals surface area (Å²) in [5.74, 6) is 0.128. The fourth-order valence-corrected chi connectivity index (χ4v) is 6.19. The minimum Gasteiger partial charge on any atom is -0.491 e. The molecule has 3 N–H and O–H groups in total. The third kappa shape index (κ3) is 7.73. The van der Waals surface area contributed by atoms with Gasteiger partial charge in [0.1, 0.15) is 17.6 Å². The molecule has 13 heteroatoms. The number of nitrogen functional groups attached to an aromatic ring is 1. The number of benzene rings is 2. The average molecular weight is 648 g/mol. The SMILES string of the molecule is CCOC(=O)[C@@H]1CC2(CCN(c3cc(OC(c4ccc(Cl)cc4-c4cccc(OC(C)C)c4)C(F)(F)F)nc(N)n3)CC2)CN1. The highest BCUT2D eigenvalue weighted by Crippen LogP contribution is 2.44. The summed E-state index contributed by atoms with van der Waals surface area (Å²) in [6, 6.07) is 12.0. The molecule has 242 valence electrons. The lowest BCUT2D eigenvalue weighted by molar-refractivity contribution is -0.198. The van der Waals surface area contributed by atoms with Crippen molar-refractivity contribution < 1.29 is 32.2 Å². The van der Waals surface area contributed by atoms with Crippen LogP contribution in [0.4, 0.5) is 24.9 Å². The van der Waals surface area contributed by atoms with Crippen LogP contribution in [-0.2, 0) is 9.53 Å². The maximum Gasteiger partial charge on any atom is 0.429 e. The fourth-order valence-electron chi connectivity index (χ4n) is 6.01. The topological polar surface area (TPSA) is 112 Å². The molecule has 0 amide bonds. The lowest BCUT2D eigenvalue weighted by atomic mass is 9.76. The fraction of sp³-hybridized carbons (Fsp3) is 0.469. The molecule has 2 atom stereocenters. The number of nitrogens with one attached hydrogen (secondary N) is 1. The summed E-state index contributed by atoms with van der Waals surface area (Å²) in [4.78, 5) is 22.5. The molecule has 2 aliphatic heterocycles. The monoisotopic (exact) mass is 647 g/mol. The Morgan fingerprint density at radius 1 is 1.13 bits per heavy atom. The van der Waals surface area contributed by atoms with E-state index in [1.165, 1.54) is 24.3 Å². The second kappa shape index (κ2) is 13.3. The molecule has 5 rings (SSSR count). The highest BCUT2D eigenvalue weighted by Gasteiger charge is 2.46. The van der Waals surface area contributed by atoms with E-state index in [1.54, 1.807) is 31.2 Å². The van der Waals surface area contributed by atoms with Crippen molar-refractivity contribution in [3.05, 3.63) is 59.1 Å². The molecule has 1 aromatic heterocycles. The van der Waals surface area contributed by atoms with Gasteiger partial charge in [0.05, 0.1) is 12.7 Å². The normalized spacial score (nSPS) is 18.7. The van der Waals surface area contributed by atoms with Crippen molar-refractivity contribution in [2.45, 2.75) is 64.5 Å². The molecule has 0 saturated carbocycles. The van der Waals surface area contributed by atoms with Crippen LogP contribution in [0.1, 0.15) is 51.7 Å². The Balaban J connectivity index is 1.38. The highest BCUT2D eigenvalue weighted by molar-refractivity contribution is 6.30. The molecule has 2 saturated heterocycles. The van der Waals surface area contributed by atoms with Gasteiger partial charge in [-0.25, -0.2) is 0 Å². The molecule has 2 aliphatic rings. The van der Waals surface area contributed by atoms with Gasteiger partial charge in [0, 0.05) is 36.3 Å². The van der Waals surface area contributed by atoms with Crippen molar-refractivity contribution in [2.24, 2.45) is 5.41 Å². The van der Waals surface area contributed by atoms with Crippen LogP contribution < -0.4 is 25.4 Å². The molecule has 0 aliphatic carbocycles. The first kappa shape index (κ1) is 32.6. The summed E-state index contributed by atoms with van der Waals surface area (Å²) in [5, 5.41) is 3.55. The van der Waals surface area contributed by atoms with Gasteiger partial charge in [0.2, 0.25) is 17.9 Å². The van der Waals surface area contributed by atoms with Crippen molar-refractivity contribution in [3.8, 4) is 22.8 Å². The van der Waals surface area contributed by atoms with Crippen LogP contribution in [-0.4, -0.2) is 60.5 Å². The van der Waals surface area contributed by atoms with Crippen LogP contribution in [0, 0.1) is 5.41 Å². The first-order valence-electron chi connectivity index (χ1n) is 15.0. The van der Waals surface area contributed by atoms with Gasteiger partial charge in [-0.2, -0.15) is 23.1 Å². The van der Waals surface area contributed by atoms with Crippen LogP contribution in [0.15, 0.2) is 48.5 Å². The molecular formula is C32H37ClF3N5O4. The minimum absolute atomic E-state index is 0.0737. The van der Waals surface area contributed by atoms with Crippen LogP contribution in [0.25, 0.3) is 11.1 Å². The Morgan fingerprint density at radius 3 is 2.58 bits per heavy atom. The number of anilines is 2. The number of nitrogens with two attached hydrogens (primary N) is 1. The third-order valence-electron chi connectivity index (χ3n) is 8.14. The number of hydrogen-bond acceptors (Lipinski definition) is 9. The minimum atomic E-state index is -4.81. The van der Waals surface area contributed by atoms with Gasteiger partial charge in [-0.3, -0.25) is 4.79 Å². The average Bonchev–Trinajstić information content (AvgIpc) is 3.39. The molecular weight excluding hydrogens is 611 g/mol. The van der Waals surface area contributed by atoms with E-state index < -0.39 is 12.3 Å². The predicted octanol–water partition coefficient (Wildman–Crippen LogP) is 6.36. The lowest BCUT2D eigenvalue weighted by Gasteiger charge is -2.39. The van der Waals surface area contributed by atoms with E-state index >= 15 is 0 Å².